The zero-order valence-corrected chi connectivity index (χ0v) is 20.2. The van der Waals surface area contributed by atoms with Crippen LogP contribution in [0.25, 0.3) is 33.3 Å². The van der Waals surface area contributed by atoms with E-state index in [1.54, 1.807) is 12.1 Å². The summed E-state index contributed by atoms with van der Waals surface area (Å²) in [5.74, 6) is 0.404. The molecule has 1 aliphatic rings. The molecule has 0 radical (unpaired) electrons. The minimum absolute atomic E-state index is 0.282. The smallest absolute Gasteiger partial charge is 0.274 e. The lowest BCUT2D eigenvalue weighted by Crippen LogP contribution is -2.31. The van der Waals surface area contributed by atoms with Crippen molar-refractivity contribution in [3.63, 3.8) is 0 Å². The third kappa shape index (κ3) is 4.46. The molecule has 3 heterocycles. The lowest BCUT2D eigenvalue weighted by atomic mass is 9.86. The standard InChI is InChI=1S/C27H29FN4O3/c1-17-24(18(2)35-30-17)21-13-23-25(29-14-21)22(15-32(23)16-27(28)11-5-4-6-12-27)19-7-9-20(10-8-19)26(33)31-34-3/h7-10,13-15H,4-6,11-12,16H2,1-3H3,(H,31,33). The van der Waals surface area contributed by atoms with E-state index in [0.29, 0.717) is 18.4 Å². The third-order valence-corrected chi connectivity index (χ3v) is 6.90. The second-order valence-corrected chi connectivity index (χ2v) is 9.39. The summed E-state index contributed by atoms with van der Waals surface area (Å²) in [6, 6.07) is 9.27. The van der Waals surface area contributed by atoms with Gasteiger partial charge in [0.1, 0.15) is 11.4 Å². The predicted molar refractivity (Wildman–Crippen MR) is 132 cm³/mol. The number of rotatable bonds is 6. The Kier molecular flexibility index (Phi) is 6.15. The summed E-state index contributed by atoms with van der Waals surface area (Å²) in [6.07, 6.45) is 7.85. The van der Waals surface area contributed by atoms with E-state index in [-0.39, 0.29) is 12.5 Å². The number of hydrogen-bond acceptors (Lipinski definition) is 5. The fraction of sp³-hybridized carbons (Fsp3) is 0.370. The number of fused-ring (bicyclic) bond motifs is 1. The minimum atomic E-state index is -1.23. The number of halogens is 1. The van der Waals surface area contributed by atoms with Crippen LogP contribution in [-0.2, 0) is 11.4 Å². The Morgan fingerprint density at radius 1 is 1.17 bits per heavy atom. The Hall–Kier alpha value is -3.52. The molecular weight excluding hydrogens is 447 g/mol. The van der Waals surface area contributed by atoms with Gasteiger partial charge >= 0.3 is 0 Å². The molecule has 0 atom stereocenters. The first-order valence-corrected chi connectivity index (χ1v) is 11.9. The van der Waals surface area contributed by atoms with Gasteiger partial charge in [-0.25, -0.2) is 9.87 Å². The molecule has 7 nitrogen and oxygen atoms in total. The van der Waals surface area contributed by atoms with Crippen LogP contribution < -0.4 is 5.48 Å². The van der Waals surface area contributed by atoms with Gasteiger partial charge in [0.15, 0.2) is 0 Å². The molecule has 1 fully saturated rings. The number of benzene rings is 1. The Balaban J connectivity index is 1.61. The molecule has 1 amide bonds. The van der Waals surface area contributed by atoms with Crippen LogP contribution in [0.4, 0.5) is 4.39 Å². The maximum absolute atomic E-state index is 15.8. The molecule has 4 aromatic rings. The zero-order chi connectivity index (χ0) is 24.6. The Bertz CT molecular complexity index is 1350. The van der Waals surface area contributed by atoms with Crippen molar-refractivity contribution in [2.75, 3.05) is 7.11 Å². The SMILES string of the molecule is CONC(=O)c1ccc(-c2cn(CC3(F)CCCCC3)c3cc(-c4c(C)noc4C)cnc23)cc1. The lowest BCUT2D eigenvalue weighted by Gasteiger charge is -2.30. The molecule has 35 heavy (non-hydrogen) atoms. The van der Waals surface area contributed by atoms with Crippen molar-refractivity contribution in [3.05, 3.63) is 59.7 Å². The fourth-order valence-electron chi connectivity index (χ4n) is 5.14. The van der Waals surface area contributed by atoms with Gasteiger partial charge in [-0.1, -0.05) is 36.6 Å². The average Bonchev–Trinajstić information content (AvgIpc) is 3.38. The number of carbonyl (C=O) groups excluding carboxylic acids is 1. The Morgan fingerprint density at radius 3 is 2.57 bits per heavy atom. The summed E-state index contributed by atoms with van der Waals surface area (Å²) in [7, 11) is 1.40. The van der Waals surface area contributed by atoms with E-state index in [1.165, 1.54) is 7.11 Å². The van der Waals surface area contributed by atoms with Crippen molar-refractivity contribution in [2.24, 2.45) is 0 Å². The minimum Gasteiger partial charge on any atom is -0.361 e. The molecule has 1 aliphatic carbocycles. The van der Waals surface area contributed by atoms with Gasteiger partial charge in [0.2, 0.25) is 0 Å². The number of nitrogens with one attached hydrogen (secondary N) is 1. The average molecular weight is 477 g/mol. The highest BCUT2D eigenvalue weighted by Gasteiger charge is 2.33. The van der Waals surface area contributed by atoms with Crippen molar-refractivity contribution < 1.29 is 18.5 Å². The maximum atomic E-state index is 15.8. The summed E-state index contributed by atoms with van der Waals surface area (Å²) < 4.78 is 23.2. The molecular formula is C27H29FN4O3. The first kappa shape index (κ1) is 23.2. The molecule has 1 aromatic carbocycles. The maximum Gasteiger partial charge on any atom is 0.274 e. The summed E-state index contributed by atoms with van der Waals surface area (Å²) in [6.45, 7) is 4.06. The van der Waals surface area contributed by atoms with E-state index in [1.807, 2.05) is 49.0 Å². The molecule has 3 aromatic heterocycles. The van der Waals surface area contributed by atoms with Crippen molar-refractivity contribution in [1.29, 1.82) is 0 Å². The molecule has 1 saturated carbocycles. The van der Waals surface area contributed by atoms with Crippen LogP contribution in [0.15, 0.2) is 47.2 Å². The topological polar surface area (TPSA) is 82.2 Å². The fourth-order valence-corrected chi connectivity index (χ4v) is 5.14. The number of hydrogen-bond donors (Lipinski definition) is 1. The number of aromatic nitrogens is 3. The van der Waals surface area contributed by atoms with Crippen LogP contribution in [0.3, 0.4) is 0 Å². The van der Waals surface area contributed by atoms with Gasteiger partial charge in [0.05, 0.1) is 30.4 Å². The monoisotopic (exact) mass is 476 g/mol. The highest BCUT2D eigenvalue weighted by atomic mass is 19.1. The van der Waals surface area contributed by atoms with Crippen molar-refractivity contribution >= 4 is 16.9 Å². The Labute approximate surface area is 203 Å². The van der Waals surface area contributed by atoms with Gasteiger partial charge in [-0.3, -0.25) is 14.6 Å². The van der Waals surface area contributed by atoms with Gasteiger partial charge < -0.3 is 9.09 Å². The molecule has 0 aliphatic heterocycles. The molecule has 0 spiro atoms. The second kappa shape index (κ2) is 9.26. The van der Waals surface area contributed by atoms with Crippen molar-refractivity contribution in [1.82, 2.24) is 20.2 Å². The van der Waals surface area contributed by atoms with E-state index < -0.39 is 5.67 Å². The summed E-state index contributed by atoms with van der Waals surface area (Å²) in [5.41, 5.74) is 7.61. The molecule has 8 heteroatoms. The van der Waals surface area contributed by atoms with E-state index in [4.69, 9.17) is 14.3 Å². The molecule has 5 rings (SSSR count). The van der Waals surface area contributed by atoms with E-state index >= 15 is 4.39 Å². The van der Waals surface area contributed by atoms with Crippen molar-refractivity contribution in [2.45, 2.75) is 58.2 Å². The number of aryl methyl sites for hydroxylation is 2. The van der Waals surface area contributed by atoms with E-state index in [0.717, 1.165) is 64.0 Å². The molecule has 0 saturated heterocycles. The quantitative estimate of drug-likeness (QED) is 0.348. The molecule has 1 N–H and O–H groups in total. The summed E-state index contributed by atoms with van der Waals surface area (Å²) in [5, 5.41) is 4.08. The van der Waals surface area contributed by atoms with Crippen LogP contribution in [0.1, 0.15) is 53.9 Å². The zero-order valence-electron chi connectivity index (χ0n) is 20.2. The van der Waals surface area contributed by atoms with Gasteiger partial charge in [0, 0.05) is 34.6 Å². The highest BCUT2D eigenvalue weighted by molar-refractivity contribution is 5.97. The second-order valence-electron chi connectivity index (χ2n) is 9.39. The van der Waals surface area contributed by atoms with Crippen LogP contribution in [-0.4, -0.2) is 33.4 Å². The van der Waals surface area contributed by atoms with Crippen LogP contribution in [0, 0.1) is 13.8 Å². The summed E-state index contributed by atoms with van der Waals surface area (Å²) in [4.78, 5) is 21.6. The number of hydroxylamine groups is 1. The van der Waals surface area contributed by atoms with E-state index in [2.05, 4.69) is 10.6 Å². The number of pyridine rings is 1. The number of alkyl halides is 1. The molecule has 182 valence electrons. The van der Waals surface area contributed by atoms with Gasteiger partial charge in [-0.15, -0.1) is 0 Å². The lowest BCUT2D eigenvalue weighted by molar-refractivity contribution is 0.0537. The number of amides is 1. The number of carbonyl (C=O) groups is 1. The highest BCUT2D eigenvalue weighted by Crippen LogP contribution is 2.38. The van der Waals surface area contributed by atoms with Gasteiger partial charge in [-0.05, 0) is 50.5 Å². The number of nitrogens with zero attached hydrogens (tertiary/aromatic N) is 3. The largest absolute Gasteiger partial charge is 0.361 e. The first-order chi connectivity index (χ1) is 16.9. The van der Waals surface area contributed by atoms with E-state index in [9.17, 15) is 4.79 Å². The van der Waals surface area contributed by atoms with Crippen LogP contribution >= 0.6 is 0 Å². The van der Waals surface area contributed by atoms with Gasteiger partial charge in [0.25, 0.3) is 5.91 Å². The third-order valence-electron chi connectivity index (χ3n) is 6.90. The first-order valence-electron chi connectivity index (χ1n) is 11.9. The molecule has 0 unspecified atom stereocenters. The van der Waals surface area contributed by atoms with Crippen LogP contribution in [0.5, 0.6) is 0 Å². The van der Waals surface area contributed by atoms with Crippen molar-refractivity contribution in [3.8, 4) is 22.3 Å². The van der Waals surface area contributed by atoms with Gasteiger partial charge in [-0.2, -0.15) is 0 Å². The molecule has 0 bridgehead atoms. The Morgan fingerprint density at radius 2 is 1.91 bits per heavy atom. The predicted octanol–water partition coefficient (Wildman–Crippen LogP) is 5.94. The summed E-state index contributed by atoms with van der Waals surface area (Å²) >= 11 is 0. The van der Waals surface area contributed by atoms with Crippen LogP contribution in [0.2, 0.25) is 0 Å². The normalized spacial score (nSPS) is 15.4.